The van der Waals surface area contributed by atoms with E-state index < -0.39 is 74.7 Å². The topological polar surface area (TPSA) is 285 Å². The van der Waals surface area contributed by atoms with Crippen LogP contribution in [0, 0.1) is 88.7 Å². The summed E-state index contributed by atoms with van der Waals surface area (Å²) >= 11 is 0. The first-order valence-electron chi connectivity index (χ1n) is 47.3. The van der Waals surface area contributed by atoms with Gasteiger partial charge in [0.05, 0.1) is 70.9 Å². The smallest absolute Gasteiger partial charge is 0.316 e. The van der Waals surface area contributed by atoms with Crippen molar-refractivity contribution in [2.24, 2.45) is 88.7 Å². The van der Waals surface area contributed by atoms with E-state index in [0.717, 1.165) is 203 Å². The number of esters is 3. The Balaban J connectivity index is 0.000000112. The number of carbonyl (C=O) groups excluding carboxylic acids is 11. The highest BCUT2D eigenvalue weighted by Gasteiger charge is 2.72. The summed E-state index contributed by atoms with van der Waals surface area (Å²) in [6.45, 7) is 25.2. The lowest BCUT2D eigenvalue weighted by Gasteiger charge is -2.54. The number of allylic oxidation sites excluding steroid dienone is 18. The third kappa shape index (κ3) is 12.0. The minimum absolute atomic E-state index is 0.000487. The van der Waals surface area contributed by atoms with Crippen LogP contribution in [0.5, 0.6) is 0 Å². The zero-order chi connectivity index (χ0) is 87.6. The van der Waals surface area contributed by atoms with Gasteiger partial charge < -0.3 is 34.3 Å². The lowest BCUT2D eigenvalue weighted by molar-refractivity contribution is -0.168. The number of fused-ring (bicyclic) bond motifs is 12. The van der Waals surface area contributed by atoms with E-state index in [1.54, 1.807) is 18.2 Å². The molecule has 0 aromatic heterocycles. The molecule has 0 aliphatic heterocycles. The molecule has 0 bridgehead atoms. The number of rotatable bonds is 9. The summed E-state index contributed by atoms with van der Waals surface area (Å²) in [6, 6.07) is 0. The van der Waals surface area contributed by atoms with Crippen LogP contribution in [0.1, 0.15) is 308 Å². The Morgan fingerprint density at radius 1 is 0.423 bits per heavy atom. The van der Waals surface area contributed by atoms with E-state index in [1.807, 2.05) is 33.8 Å². The van der Waals surface area contributed by atoms with Gasteiger partial charge in [-0.3, -0.25) is 52.7 Å². The van der Waals surface area contributed by atoms with E-state index in [0.29, 0.717) is 112 Å². The van der Waals surface area contributed by atoms with Crippen LogP contribution >= 0.6 is 0 Å². The number of Topliss-reactive ketones (excluding diaryl/α,β-unsaturated/α-hetero) is 4. The van der Waals surface area contributed by atoms with Crippen LogP contribution < -0.4 is 0 Å². The summed E-state index contributed by atoms with van der Waals surface area (Å²) in [6.07, 6.45) is 38.8. The van der Waals surface area contributed by atoms with Crippen molar-refractivity contribution in [2.75, 3.05) is 7.11 Å². The highest BCUT2D eigenvalue weighted by molar-refractivity contribution is 6.01. The molecule has 6 unspecified atom stereocenters. The first-order valence-corrected chi connectivity index (χ1v) is 47.3. The Morgan fingerprint density at radius 3 is 1.16 bits per heavy atom. The molecule has 3 N–H and O–H groups in total. The van der Waals surface area contributed by atoms with E-state index in [4.69, 9.17) is 18.9 Å². The molecule has 0 aromatic carbocycles. The molecule has 0 saturated heterocycles. The minimum atomic E-state index is -1.21. The van der Waals surface area contributed by atoms with Gasteiger partial charge in [0.2, 0.25) is 0 Å². The number of ketones is 8. The van der Waals surface area contributed by atoms with E-state index in [9.17, 15) is 68.1 Å². The average molecular weight is 1680 g/mol. The molecule has 18 heteroatoms. The van der Waals surface area contributed by atoms with Gasteiger partial charge in [0.1, 0.15) is 35.2 Å². The second-order valence-corrected chi connectivity index (χ2v) is 43.6. The predicted molar refractivity (Wildman–Crippen MR) is 460 cm³/mol. The fourth-order valence-corrected chi connectivity index (χ4v) is 30.4. The summed E-state index contributed by atoms with van der Waals surface area (Å²) in [4.78, 5) is 142. The van der Waals surface area contributed by atoms with Crippen LogP contribution in [-0.4, -0.2) is 123 Å². The Kier molecular flexibility index (Phi) is 20.9. The van der Waals surface area contributed by atoms with Crippen LogP contribution in [-0.2, 0) is 71.7 Å². The number of ether oxygens (including phenoxy) is 4. The second kappa shape index (κ2) is 29.8. The van der Waals surface area contributed by atoms with Crippen molar-refractivity contribution in [3.05, 3.63) is 138 Å². The fraction of sp³-hybridized carbons (Fsp3) is 0.667. The number of carbonyl (C=O) groups is 11. The number of aliphatic hydroxyl groups excluding tert-OH is 3. The molecule has 5 saturated carbocycles. The van der Waals surface area contributed by atoms with Gasteiger partial charge in [-0.05, 0) is 296 Å². The summed E-state index contributed by atoms with van der Waals surface area (Å²) in [5, 5.41) is 34.3. The third-order valence-corrected chi connectivity index (χ3v) is 37.8. The van der Waals surface area contributed by atoms with Gasteiger partial charge in [-0.15, -0.1) is 0 Å². The van der Waals surface area contributed by atoms with Crippen molar-refractivity contribution in [3.8, 4) is 0 Å². The monoisotopic (exact) mass is 1680 g/mol. The highest BCUT2D eigenvalue weighted by atomic mass is 16.6. The Labute approximate surface area is 725 Å². The molecule has 21 aliphatic carbocycles. The van der Waals surface area contributed by atoms with Crippen LogP contribution in [0.2, 0.25) is 0 Å². The summed E-state index contributed by atoms with van der Waals surface area (Å²) in [5.74, 6) is -1.49. The molecule has 21 aliphatic rings. The number of hydrogen-bond acceptors (Lipinski definition) is 18. The predicted octanol–water partition coefficient (Wildman–Crippen LogP) is 18.0. The zero-order valence-electron chi connectivity index (χ0n) is 75.1. The molecule has 0 amide bonds. The molecule has 0 aromatic rings. The van der Waals surface area contributed by atoms with Crippen molar-refractivity contribution < 1.29 is 87.0 Å². The lowest BCUT2D eigenvalue weighted by atomic mass is 9.50. The molecule has 21 rings (SSSR count). The number of hydrogen-bond donors (Lipinski definition) is 3. The van der Waals surface area contributed by atoms with Crippen LogP contribution in [0.4, 0.5) is 0 Å². The molecule has 4 spiro atoms. The maximum atomic E-state index is 13.6. The standard InChI is InChI=1S/C28H34O4.C27H34O5.C26H34O5.C24H28O4/c1-26-11-8-22-24-20(25(31)32-19-5-3-4-6-19)16-17-15-18(29)7-13-27(17,2)21(24)9-14-28(22,26)23(30)10-12-26;1-5-15(2)32-24(31)22-21-17(26(4)12-6-16(28)14-19(26)23(22)30)8-13-27-18(21)7-10-25(27,3)11-9-20(27)29;1-14(2)31-23(30)21-20-16(25(4)11-5-15(27)13-18(25)22(21)29)7-12-26-17(20)6-9-24(26,3)10-8-19(26)28;1-22-8-5-18-20-16(21(27)28-3)13-14-12-15(25)4-10-23(14,2)17(20)6-11-24(18,22)19(26)7-9-22/h8,15,19-20H,3-7,9-14,16H2,1-2H3;7,14-15,22-23,30H,5-6,8-13H2,1-4H3;6,13-14,21-23,29-30H,5,7-12H2,1-4H3;5,12,16H,4,6-11,13H2,1-3H3/t20-,26+,27?,28-;15?,22-,23-,25-,26?,27+;21-,22-,23?,24-,25?,26+;16-,22+,23?,24-/m1001/s1. The maximum Gasteiger partial charge on any atom is 0.316 e. The molecule has 0 heterocycles. The van der Waals surface area contributed by atoms with Gasteiger partial charge in [0, 0.05) is 73.0 Å². The van der Waals surface area contributed by atoms with Crippen molar-refractivity contribution in [3.63, 3.8) is 0 Å². The molecule has 18 nitrogen and oxygen atoms in total. The van der Waals surface area contributed by atoms with Gasteiger partial charge in [-0.2, -0.15) is 0 Å². The minimum Gasteiger partial charge on any atom is -0.469 e. The van der Waals surface area contributed by atoms with Gasteiger partial charge in [-0.25, -0.2) is 0 Å². The van der Waals surface area contributed by atoms with E-state index in [2.05, 4.69) is 79.7 Å². The Bertz CT molecular complexity index is 5170. The average Bonchev–Trinajstić information content (AvgIpc) is 1.58. The third-order valence-electron chi connectivity index (χ3n) is 37.8. The van der Waals surface area contributed by atoms with Crippen molar-refractivity contribution in [1.29, 1.82) is 0 Å². The highest BCUT2D eigenvalue weighted by Crippen LogP contribution is 2.76. The van der Waals surface area contributed by atoms with Gasteiger partial charge in [0.25, 0.3) is 0 Å². The van der Waals surface area contributed by atoms with Gasteiger partial charge >= 0.3 is 17.9 Å². The van der Waals surface area contributed by atoms with E-state index in [1.165, 1.54) is 23.8 Å². The number of aliphatic hydroxyl groups is 3. The molecule has 0 radical (unpaired) electrons. The quantitative estimate of drug-likeness (QED) is 0.110. The van der Waals surface area contributed by atoms with Gasteiger partial charge in [0.15, 0.2) is 29.4 Å². The molecular weight excluding hydrogens is 1550 g/mol. The van der Waals surface area contributed by atoms with Crippen molar-refractivity contribution in [2.45, 2.75) is 345 Å². The maximum absolute atomic E-state index is 13.6. The van der Waals surface area contributed by atoms with Crippen molar-refractivity contribution >= 4 is 64.2 Å². The normalized spacial score (nSPS) is 41.6. The van der Waals surface area contributed by atoms with Crippen molar-refractivity contribution in [1.82, 2.24) is 0 Å². The summed E-state index contributed by atoms with van der Waals surface area (Å²) < 4.78 is 22.8. The molecular formula is C105H130O18. The van der Waals surface area contributed by atoms with Gasteiger partial charge in [-0.1, -0.05) is 120 Å². The first kappa shape index (κ1) is 86.2. The van der Waals surface area contributed by atoms with E-state index in [-0.39, 0.29) is 97.6 Å². The van der Waals surface area contributed by atoms with Crippen LogP contribution in [0.15, 0.2) is 138 Å². The van der Waals surface area contributed by atoms with Crippen LogP contribution in [0.3, 0.4) is 0 Å². The zero-order valence-corrected chi connectivity index (χ0v) is 75.1. The molecule has 658 valence electrons. The molecule has 5 fully saturated rings. The largest absolute Gasteiger partial charge is 0.469 e. The fourth-order valence-electron chi connectivity index (χ4n) is 30.4. The SMILES string of the molecule is CC(C)OC(O)[C@H]1C2=C(CC[C@@]34C(=O)CC[C@]3(C)CC=C24)C2(C)CCC(=O)C=C2[C@@H]1O.CC12CCC(=O)C=C1C[C@@H](C(=O)OC1CCCC1)C1=C2CC[C@@]23C(=O)CC[C@]2(C)CC=C13.CCC(C)OC(=O)[C@H]1C2=C(CC[C@@]34C(=O)CC[C@]3(C)CC=C24)C2(C)CCC(=O)C=C2[C@@H]1O.COC(=O)[C@@H]1CC2=CC(=O)CCC2(C)C2=C1C1=CC[C@@]3(C)CCC(=O)[C@@]13CC2. The summed E-state index contributed by atoms with van der Waals surface area (Å²) in [5.41, 5.74) is 13.4. The Morgan fingerprint density at radius 2 is 0.772 bits per heavy atom. The Hall–Kier alpha value is -7.51. The summed E-state index contributed by atoms with van der Waals surface area (Å²) in [7, 11) is 1.43. The van der Waals surface area contributed by atoms with E-state index >= 15 is 0 Å². The van der Waals surface area contributed by atoms with Crippen LogP contribution in [0.25, 0.3) is 0 Å². The first-order chi connectivity index (χ1) is 58.2. The second-order valence-electron chi connectivity index (χ2n) is 43.6. The molecule has 20 atom stereocenters. The lowest BCUT2D eigenvalue weighted by Crippen LogP contribution is -2.52. The molecule has 123 heavy (non-hydrogen) atoms. The number of methoxy groups -OCH3 is 1.